The maximum absolute atomic E-state index is 11.8. The van der Waals surface area contributed by atoms with Gasteiger partial charge >= 0.3 is 0 Å². The second kappa shape index (κ2) is 5.17. The minimum Gasteiger partial charge on any atom is -0.378 e. The van der Waals surface area contributed by atoms with Crippen molar-refractivity contribution in [1.29, 1.82) is 0 Å². The lowest BCUT2D eigenvalue weighted by Gasteiger charge is -2.17. The summed E-state index contributed by atoms with van der Waals surface area (Å²) in [6.07, 6.45) is 3.29. The van der Waals surface area contributed by atoms with Crippen molar-refractivity contribution >= 4 is 11.3 Å². The highest BCUT2D eigenvalue weighted by molar-refractivity contribution is 5.53. The lowest BCUT2D eigenvalue weighted by molar-refractivity contribution is 0.869. The van der Waals surface area contributed by atoms with Gasteiger partial charge in [0.05, 0.1) is 6.04 Å². The molecule has 1 atom stereocenters. The Morgan fingerprint density at radius 3 is 2.70 bits per heavy atom. The van der Waals surface area contributed by atoms with E-state index in [0.717, 1.165) is 11.3 Å². The van der Waals surface area contributed by atoms with E-state index in [-0.39, 0.29) is 11.6 Å². The number of anilines is 1. The van der Waals surface area contributed by atoms with Gasteiger partial charge in [-0.3, -0.25) is 9.20 Å². The molecule has 1 aromatic carbocycles. The van der Waals surface area contributed by atoms with Crippen LogP contribution in [0.3, 0.4) is 0 Å². The third kappa shape index (κ3) is 2.28. The van der Waals surface area contributed by atoms with Gasteiger partial charge < -0.3 is 5.32 Å². The maximum Gasteiger partial charge on any atom is 0.257 e. The van der Waals surface area contributed by atoms with Gasteiger partial charge in [0.2, 0.25) is 0 Å². The van der Waals surface area contributed by atoms with E-state index in [1.807, 2.05) is 42.5 Å². The van der Waals surface area contributed by atoms with Gasteiger partial charge in [-0.25, -0.2) is 4.98 Å². The molecule has 1 unspecified atom stereocenters. The smallest absolute Gasteiger partial charge is 0.257 e. The van der Waals surface area contributed by atoms with Crippen LogP contribution < -0.4 is 10.9 Å². The first kappa shape index (κ1) is 12.4. The Morgan fingerprint density at radius 2 is 1.90 bits per heavy atom. The average molecular weight is 265 g/mol. The molecule has 3 rings (SSSR count). The molecule has 0 amide bonds. The molecule has 0 aliphatic rings. The molecule has 0 bridgehead atoms. The minimum absolute atomic E-state index is 0.0582. The molecule has 1 N–H and O–H groups in total. The van der Waals surface area contributed by atoms with E-state index in [9.17, 15) is 4.79 Å². The van der Waals surface area contributed by atoms with Crippen LogP contribution in [-0.2, 0) is 0 Å². The first-order valence-electron chi connectivity index (χ1n) is 6.53. The number of benzene rings is 1. The summed E-state index contributed by atoms with van der Waals surface area (Å²) in [4.78, 5) is 16.1. The number of nitrogens with one attached hydrogen (secondary N) is 1. The molecule has 3 aromatic rings. The molecule has 4 nitrogen and oxygen atoms in total. The van der Waals surface area contributed by atoms with Crippen LogP contribution in [0.4, 0.5) is 5.69 Å². The summed E-state index contributed by atoms with van der Waals surface area (Å²) in [6.45, 7) is 2.06. The molecule has 0 spiro atoms. The standard InChI is InChI=1S/C16H15N3O/c1-12(18-13-6-3-2-4-7-13)14-8-5-11-19-15(20)9-10-17-16(14)19/h2-12,18H,1H3. The van der Waals surface area contributed by atoms with Crippen LogP contribution >= 0.6 is 0 Å². The van der Waals surface area contributed by atoms with Crippen LogP contribution in [0.15, 0.2) is 65.7 Å². The van der Waals surface area contributed by atoms with E-state index in [4.69, 9.17) is 0 Å². The number of aromatic nitrogens is 2. The SMILES string of the molecule is CC(Nc1ccccc1)c1cccn2c(=O)ccnc12. The van der Waals surface area contributed by atoms with Crippen molar-refractivity contribution in [3.05, 3.63) is 76.8 Å². The van der Waals surface area contributed by atoms with Crippen molar-refractivity contribution < 1.29 is 0 Å². The topological polar surface area (TPSA) is 46.4 Å². The van der Waals surface area contributed by atoms with Crippen molar-refractivity contribution in [3.8, 4) is 0 Å². The zero-order valence-corrected chi connectivity index (χ0v) is 11.2. The van der Waals surface area contributed by atoms with Crippen molar-refractivity contribution in [2.45, 2.75) is 13.0 Å². The molecule has 0 saturated carbocycles. The van der Waals surface area contributed by atoms with Crippen LogP contribution in [0, 0.1) is 0 Å². The summed E-state index contributed by atoms with van der Waals surface area (Å²) in [5.74, 6) is 0. The summed E-state index contributed by atoms with van der Waals surface area (Å²) >= 11 is 0. The molecule has 2 heterocycles. The maximum atomic E-state index is 11.8. The lowest BCUT2D eigenvalue weighted by Crippen LogP contribution is -2.16. The fraction of sp³-hybridized carbons (Fsp3) is 0.125. The second-order valence-electron chi connectivity index (χ2n) is 4.67. The van der Waals surface area contributed by atoms with Crippen LogP contribution in [0.25, 0.3) is 5.65 Å². The molecule has 0 saturated heterocycles. The Balaban J connectivity index is 2.02. The van der Waals surface area contributed by atoms with Crippen molar-refractivity contribution in [2.75, 3.05) is 5.32 Å². The summed E-state index contributed by atoms with van der Waals surface area (Å²) < 4.78 is 1.57. The van der Waals surface area contributed by atoms with Crippen LogP contribution in [0.5, 0.6) is 0 Å². The molecule has 100 valence electrons. The van der Waals surface area contributed by atoms with Crippen molar-refractivity contribution in [1.82, 2.24) is 9.38 Å². The van der Waals surface area contributed by atoms with Crippen molar-refractivity contribution in [3.63, 3.8) is 0 Å². The lowest BCUT2D eigenvalue weighted by atomic mass is 10.1. The number of pyridine rings is 1. The molecule has 0 aliphatic carbocycles. The van der Waals surface area contributed by atoms with Gasteiger partial charge in [0, 0.05) is 29.7 Å². The Hall–Kier alpha value is -2.62. The number of para-hydroxylation sites is 1. The summed E-state index contributed by atoms with van der Waals surface area (Å²) in [5.41, 5.74) is 2.66. The largest absolute Gasteiger partial charge is 0.378 e. The molecule has 4 heteroatoms. The minimum atomic E-state index is -0.0660. The fourth-order valence-electron chi connectivity index (χ4n) is 2.28. The Labute approximate surface area is 116 Å². The predicted octanol–water partition coefficient (Wildman–Crippen LogP) is 2.87. The summed E-state index contributed by atoms with van der Waals surface area (Å²) in [5, 5.41) is 3.41. The van der Waals surface area contributed by atoms with Gasteiger partial charge in [0.1, 0.15) is 5.65 Å². The van der Waals surface area contributed by atoms with E-state index < -0.39 is 0 Å². The molecule has 2 aromatic heterocycles. The summed E-state index contributed by atoms with van der Waals surface area (Å²) in [7, 11) is 0. The highest BCUT2D eigenvalue weighted by Gasteiger charge is 2.10. The first-order valence-corrected chi connectivity index (χ1v) is 6.53. The van der Waals surface area contributed by atoms with Gasteiger partial charge in [-0.1, -0.05) is 24.3 Å². The number of hydrogen-bond donors (Lipinski definition) is 1. The molecule has 20 heavy (non-hydrogen) atoms. The van der Waals surface area contributed by atoms with E-state index in [1.165, 1.54) is 6.07 Å². The van der Waals surface area contributed by atoms with Gasteiger partial charge in [-0.2, -0.15) is 0 Å². The van der Waals surface area contributed by atoms with Gasteiger partial charge in [-0.05, 0) is 25.1 Å². The van der Waals surface area contributed by atoms with Gasteiger partial charge in [0.15, 0.2) is 0 Å². The van der Waals surface area contributed by atoms with Gasteiger partial charge in [-0.15, -0.1) is 0 Å². The van der Waals surface area contributed by atoms with E-state index in [2.05, 4.69) is 17.2 Å². The third-order valence-electron chi connectivity index (χ3n) is 3.27. The van der Waals surface area contributed by atoms with Gasteiger partial charge in [0.25, 0.3) is 5.56 Å². The number of nitrogens with zero attached hydrogens (tertiary/aromatic N) is 2. The predicted molar refractivity (Wildman–Crippen MR) is 79.9 cm³/mol. The quantitative estimate of drug-likeness (QED) is 0.792. The number of hydrogen-bond acceptors (Lipinski definition) is 3. The third-order valence-corrected chi connectivity index (χ3v) is 3.27. The molecule has 0 fully saturated rings. The van der Waals surface area contributed by atoms with E-state index in [1.54, 1.807) is 16.8 Å². The Morgan fingerprint density at radius 1 is 1.10 bits per heavy atom. The average Bonchev–Trinajstić information content (AvgIpc) is 2.48. The molecule has 0 radical (unpaired) electrons. The first-order chi connectivity index (χ1) is 9.75. The zero-order valence-electron chi connectivity index (χ0n) is 11.2. The Bertz CT molecular complexity index is 780. The number of rotatable bonds is 3. The normalized spacial score (nSPS) is 12.2. The summed E-state index contributed by atoms with van der Waals surface area (Å²) in [6, 6.07) is 15.4. The Kier molecular flexibility index (Phi) is 3.21. The number of fused-ring (bicyclic) bond motifs is 1. The molecular weight excluding hydrogens is 250 g/mol. The van der Waals surface area contributed by atoms with Crippen LogP contribution in [0.2, 0.25) is 0 Å². The van der Waals surface area contributed by atoms with E-state index in [0.29, 0.717) is 5.65 Å². The monoisotopic (exact) mass is 265 g/mol. The highest BCUT2D eigenvalue weighted by Crippen LogP contribution is 2.21. The fourth-order valence-corrected chi connectivity index (χ4v) is 2.28. The van der Waals surface area contributed by atoms with Crippen molar-refractivity contribution in [2.24, 2.45) is 0 Å². The van der Waals surface area contributed by atoms with Crippen LogP contribution in [-0.4, -0.2) is 9.38 Å². The second-order valence-corrected chi connectivity index (χ2v) is 4.67. The van der Waals surface area contributed by atoms with E-state index >= 15 is 0 Å². The molecular formula is C16H15N3O. The highest BCUT2D eigenvalue weighted by atomic mass is 16.1. The molecule has 0 aliphatic heterocycles. The zero-order chi connectivity index (χ0) is 13.9. The van der Waals surface area contributed by atoms with Crippen LogP contribution in [0.1, 0.15) is 18.5 Å².